The van der Waals surface area contributed by atoms with Crippen LogP contribution in [0.25, 0.3) is 0 Å². The van der Waals surface area contributed by atoms with Gasteiger partial charge in [0.25, 0.3) is 0 Å². The molecule has 0 saturated carbocycles. The van der Waals surface area contributed by atoms with Crippen molar-refractivity contribution in [2.75, 3.05) is 59.0 Å². The zero-order valence-corrected chi connectivity index (χ0v) is 17.0. The Morgan fingerprint density at radius 1 is 0.862 bits per heavy atom. The fourth-order valence-corrected chi connectivity index (χ4v) is 4.78. The van der Waals surface area contributed by atoms with Crippen LogP contribution in [0, 0.1) is 17.8 Å². The molecule has 0 spiro atoms. The van der Waals surface area contributed by atoms with E-state index in [4.69, 9.17) is 9.84 Å². The highest BCUT2D eigenvalue weighted by Crippen LogP contribution is 2.30. The highest BCUT2D eigenvalue weighted by molar-refractivity contribution is 5.75. The lowest BCUT2D eigenvalue weighted by Gasteiger charge is -2.42. The summed E-state index contributed by atoms with van der Waals surface area (Å²) in [7, 11) is 0. The Kier molecular flexibility index (Phi) is 7.71. The fourth-order valence-electron chi connectivity index (χ4n) is 4.78. The molecule has 9 nitrogen and oxygen atoms in total. The molecule has 3 aliphatic rings. The van der Waals surface area contributed by atoms with Gasteiger partial charge in [0.1, 0.15) is 0 Å². The molecule has 2 amide bonds. The average Bonchev–Trinajstić information content (AvgIpc) is 2.73. The van der Waals surface area contributed by atoms with E-state index in [1.807, 2.05) is 9.80 Å². The van der Waals surface area contributed by atoms with Crippen LogP contribution in [0.5, 0.6) is 0 Å². The zero-order chi connectivity index (χ0) is 20.8. The van der Waals surface area contributed by atoms with Crippen molar-refractivity contribution in [2.24, 2.45) is 17.8 Å². The first-order chi connectivity index (χ1) is 13.9. The molecule has 3 saturated heterocycles. The van der Waals surface area contributed by atoms with Crippen LogP contribution in [0.1, 0.15) is 32.1 Å². The van der Waals surface area contributed by atoms with Gasteiger partial charge < -0.3 is 29.6 Å². The molecule has 0 aromatic carbocycles. The van der Waals surface area contributed by atoms with Crippen LogP contribution < -0.4 is 0 Å². The normalized spacial score (nSPS) is 27.0. The van der Waals surface area contributed by atoms with E-state index in [2.05, 4.69) is 4.90 Å². The summed E-state index contributed by atoms with van der Waals surface area (Å²) in [6.45, 7) is 5.91. The second kappa shape index (κ2) is 10.2. The molecule has 0 bridgehead atoms. The van der Waals surface area contributed by atoms with Gasteiger partial charge in [-0.2, -0.15) is 0 Å². The summed E-state index contributed by atoms with van der Waals surface area (Å²) in [5, 5.41) is 18.4. The number of carbonyl (C=O) groups is 3. The van der Waals surface area contributed by atoms with Gasteiger partial charge in [-0.15, -0.1) is 0 Å². The molecule has 0 aliphatic carbocycles. The predicted molar refractivity (Wildman–Crippen MR) is 105 cm³/mol. The molecular formula is C20H33N3O6. The Morgan fingerprint density at radius 3 is 2.17 bits per heavy atom. The van der Waals surface area contributed by atoms with Crippen molar-refractivity contribution in [3.8, 4) is 0 Å². The molecule has 29 heavy (non-hydrogen) atoms. The van der Waals surface area contributed by atoms with Crippen LogP contribution in [0.3, 0.4) is 0 Å². The number of amides is 2. The molecule has 3 aliphatic heterocycles. The number of likely N-dealkylation sites (tertiary alicyclic amines) is 2. The van der Waals surface area contributed by atoms with E-state index in [0.29, 0.717) is 58.7 Å². The minimum Gasteiger partial charge on any atom is -0.481 e. The maximum atomic E-state index is 12.8. The summed E-state index contributed by atoms with van der Waals surface area (Å²) in [5.41, 5.74) is 0. The Bertz CT molecular complexity index is 587. The molecule has 0 aromatic rings. The first kappa shape index (κ1) is 21.8. The zero-order valence-electron chi connectivity index (χ0n) is 17.0. The standard InChI is InChI=1S/C20H33N3O6/c24-18(25)13-16-4-8-23(20(28)22-9-11-29-12-10-22)14-17(16)3-7-21-5-1-15(2-6-21)19(26)27/h15-17H,1-14H2,(H,24,25)(H,26,27)/t16-,17-/m0/s1. The second-order valence-electron chi connectivity index (χ2n) is 8.48. The van der Waals surface area contributed by atoms with E-state index in [-0.39, 0.29) is 30.2 Å². The summed E-state index contributed by atoms with van der Waals surface area (Å²) >= 11 is 0. The molecule has 0 radical (unpaired) electrons. The molecule has 3 rings (SSSR count). The fraction of sp³-hybridized carbons (Fsp3) is 0.850. The maximum Gasteiger partial charge on any atom is 0.320 e. The van der Waals surface area contributed by atoms with Gasteiger partial charge in [-0.25, -0.2) is 4.79 Å². The van der Waals surface area contributed by atoms with Crippen molar-refractivity contribution in [3.63, 3.8) is 0 Å². The lowest BCUT2D eigenvalue weighted by atomic mass is 9.81. The van der Waals surface area contributed by atoms with Crippen LogP contribution in [-0.4, -0.2) is 102 Å². The summed E-state index contributed by atoms with van der Waals surface area (Å²) in [5.74, 6) is -1.51. The van der Waals surface area contributed by atoms with Crippen LogP contribution in [0.4, 0.5) is 4.79 Å². The number of piperidine rings is 2. The third-order valence-corrected chi connectivity index (χ3v) is 6.63. The Balaban J connectivity index is 1.54. The van der Waals surface area contributed by atoms with Crippen LogP contribution >= 0.6 is 0 Å². The van der Waals surface area contributed by atoms with Gasteiger partial charge in [-0.3, -0.25) is 9.59 Å². The largest absolute Gasteiger partial charge is 0.481 e. The number of carbonyl (C=O) groups excluding carboxylic acids is 1. The molecule has 2 N–H and O–H groups in total. The van der Waals surface area contributed by atoms with E-state index in [9.17, 15) is 19.5 Å². The topological polar surface area (TPSA) is 111 Å². The van der Waals surface area contributed by atoms with E-state index in [1.165, 1.54) is 0 Å². The summed E-state index contributed by atoms with van der Waals surface area (Å²) in [6.07, 6.45) is 3.03. The van der Waals surface area contributed by atoms with Gasteiger partial charge in [0.15, 0.2) is 0 Å². The van der Waals surface area contributed by atoms with Gasteiger partial charge >= 0.3 is 18.0 Å². The lowest BCUT2D eigenvalue weighted by molar-refractivity contribution is -0.143. The summed E-state index contributed by atoms with van der Waals surface area (Å²) < 4.78 is 5.33. The highest BCUT2D eigenvalue weighted by Gasteiger charge is 2.35. The minimum absolute atomic E-state index is 0.0364. The average molecular weight is 411 g/mol. The molecule has 0 aromatic heterocycles. The Hall–Kier alpha value is -1.87. The van der Waals surface area contributed by atoms with Crippen LogP contribution in [0.15, 0.2) is 0 Å². The van der Waals surface area contributed by atoms with Crippen molar-refractivity contribution in [3.05, 3.63) is 0 Å². The minimum atomic E-state index is -0.782. The number of rotatable bonds is 6. The number of hydrogen-bond donors (Lipinski definition) is 2. The molecule has 0 unspecified atom stereocenters. The summed E-state index contributed by atoms with van der Waals surface area (Å²) in [4.78, 5) is 41.3. The number of carboxylic acids is 2. The first-order valence-corrected chi connectivity index (χ1v) is 10.7. The number of aliphatic carboxylic acids is 2. The third-order valence-electron chi connectivity index (χ3n) is 6.63. The van der Waals surface area contributed by atoms with E-state index in [0.717, 1.165) is 26.1 Å². The van der Waals surface area contributed by atoms with Gasteiger partial charge in [0.2, 0.25) is 0 Å². The smallest absolute Gasteiger partial charge is 0.320 e. The van der Waals surface area contributed by atoms with Gasteiger partial charge in [-0.1, -0.05) is 0 Å². The Labute approximate surface area is 171 Å². The number of hydrogen-bond acceptors (Lipinski definition) is 5. The van der Waals surface area contributed by atoms with Crippen molar-refractivity contribution in [2.45, 2.75) is 32.1 Å². The second-order valence-corrected chi connectivity index (χ2v) is 8.48. The number of urea groups is 1. The van der Waals surface area contributed by atoms with E-state index in [1.54, 1.807) is 0 Å². The van der Waals surface area contributed by atoms with Crippen molar-refractivity contribution in [1.82, 2.24) is 14.7 Å². The van der Waals surface area contributed by atoms with Gasteiger partial charge in [0.05, 0.1) is 19.1 Å². The van der Waals surface area contributed by atoms with E-state index >= 15 is 0 Å². The van der Waals surface area contributed by atoms with Gasteiger partial charge in [0, 0.05) is 32.6 Å². The molecular weight excluding hydrogens is 378 g/mol. The summed E-state index contributed by atoms with van der Waals surface area (Å²) in [6, 6.07) is 0.0364. The number of ether oxygens (including phenoxy) is 1. The molecule has 2 atom stereocenters. The maximum absolute atomic E-state index is 12.8. The van der Waals surface area contributed by atoms with Crippen molar-refractivity contribution >= 4 is 18.0 Å². The lowest BCUT2D eigenvalue weighted by Crippen LogP contribution is -2.53. The van der Waals surface area contributed by atoms with Crippen molar-refractivity contribution in [1.29, 1.82) is 0 Å². The molecule has 164 valence electrons. The molecule has 9 heteroatoms. The molecule has 3 heterocycles. The monoisotopic (exact) mass is 411 g/mol. The molecule has 3 fully saturated rings. The first-order valence-electron chi connectivity index (χ1n) is 10.7. The van der Waals surface area contributed by atoms with Crippen LogP contribution in [-0.2, 0) is 14.3 Å². The number of morpholine rings is 1. The highest BCUT2D eigenvalue weighted by atomic mass is 16.5. The van der Waals surface area contributed by atoms with E-state index < -0.39 is 11.9 Å². The quantitative estimate of drug-likeness (QED) is 0.672. The Morgan fingerprint density at radius 2 is 1.55 bits per heavy atom. The van der Waals surface area contributed by atoms with Crippen molar-refractivity contribution < 1.29 is 29.3 Å². The number of nitrogens with zero attached hydrogens (tertiary/aromatic N) is 3. The SMILES string of the molecule is O=C(O)C[C@@H]1CCN(C(=O)N2CCOCC2)C[C@@H]1CCN1CCC(C(=O)O)CC1. The predicted octanol–water partition coefficient (Wildman–Crippen LogP) is 1.04. The third kappa shape index (κ3) is 6.05. The van der Waals surface area contributed by atoms with Crippen LogP contribution in [0.2, 0.25) is 0 Å². The number of carboxylic acid groups (broad SMARTS) is 2. The van der Waals surface area contributed by atoms with Gasteiger partial charge in [-0.05, 0) is 57.2 Å².